The summed E-state index contributed by atoms with van der Waals surface area (Å²) in [6.07, 6.45) is 5.42. The second-order valence-electron chi connectivity index (χ2n) is 4.60. The van der Waals surface area contributed by atoms with Crippen molar-refractivity contribution in [3.8, 4) is 0 Å². The number of halogens is 1. The van der Waals surface area contributed by atoms with Crippen LogP contribution in [0.5, 0.6) is 0 Å². The summed E-state index contributed by atoms with van der Waals surface area (Å²) in [5.74, 6) is 0. The van der Waals surface area contributed by atoms with Gasteiger partial charge < -0.3 is 10.1 Å². The average Bonchev–Trinajstić information content (AvgIpc) is 2.88. The molecule has 0 aliphatic carbocycles. The zero-order valence-electron chi connectivity index (χ0n) is 12.0. The van der Waals surface area contributed by atoms with E-state index in [-0.39, 0.29) is 5.56 Å². The lowest BCUT2D eigenvalue weighted by Gasteiger charge is -2.10. The van der Waals surface area contributed by atoms with Gasteiger partial charge in [0.05, 0.1) is 37.8 Å². The average molecular weight is 356 g/mol. The topological polar surface area (TPSA) is 74.0 Å². The van der Waals surface area contributed by atoms with E-state index in [1.165, 1.54) is 4.68 Å². The zero-order chi connectivity index (χ0) is 15.2. The summed E-state index contributed by atoms with van der Waals surface area (Å²) < 4.78 is 8.64. The summed E-state index contributed by atoms with van der Waals surface area (Å²) >= 11 is 3.31. The number of nitrogens with one attached hydrogen (secondary N) is 1. The minimum absolute atomic E-state index is 0.174. The van der Waals surface area contributed by atoms with Crippen LogP contribution in [0.2, 0.25) is 0 Å². The maximum atomic E-state index is 12.1. The predicted molar refractivity (Wildman–Crippen MR) is 83.5 cm³/mol. The van der Waals surface area contributed by atoms with E-state index >= 15 is 0 Å². The van der Waals surface area contributed by atoms with Gasteiger partial charge in [0.25, 0.3) is 5.56 Å². The number of anilines is 1. The third-order valence-electron chi connectivity index (χ3n) is 2.91. The maximum Gasteiger partial charge on any atom is 0.283 e. The Labute approximate surface area is 131 Å². The molecule has 0 atom stereocenters. The molecule has 2 aromatic heterocycles. The molecule has 0 aliphatic rings. The lowest BCUT2D eigenvalue weighted by molar-refractivity contribution is 0.181. The largest absolute Gasteiger partial charge is 0.383 e. The molecule has 0 aliphatic heterocycles. The molecule has 0 fully saturated rings. The lowest BCUT2D eigenvalue weighted by atomic mass is 10.4. The van der Waals surface area contributed by atoms with E-state index in [4.69, 9.17) is 4.74 Å². The highest BCUT2D eigenvalue weighted by molar-refractivity contribution is 9.10. The molecule has 0 saturated heterocycles. The molecule has 114 valence electrons. The van der Waals surface area contributed by atoms with Crippen LogP contribution in [0.15, 0.2) is 27.9 Å². The zero-order valence-corrected chi connectivity index (χ0v) is 13.6. The van der Waals surface area contributed by atoms with Crippen LogP contribution in [0.3, 0.4) is 0 Å². The molecule has 0 bridgehead atoms. The van der Waals surface area contributed by atoms with E-state index < -0.39 is 0 Å². The van der Waals surface area contributed by atoms with E-state index in [9.17, 15) is 4.79 Å². The Balaban J connectivity index is 1.97. The number of aryl methyl sites for hydroxylation is 1. The fourth-order valence-corrected chi connectivity index (χ4v) is 2.27. The first kappa shape index (κ1) is 15.7. The molecule has 0 aromatic carbocycles. The summed E-state index contributed by atoms with van der Waals surface area (Å²) in [5, 5.41) is 11.5. The smallest absolute Gasteiger partial charge is 0.283 e. The van der Waals surface area contributed by atoms with Crippen molar-refractivity contribution in [3.63, 3.8) is 0 Å². The van der Waals surface area contributed by atoms with Crippen LogP contribution in [0.25, 0.3) is 0 Å². The second kappa shape index (κ2) is 7.37. The fraction of sp³-hybridized carbons (Fsp3) is 0.462. The molecule has 0 radical (unpaired) electrons. The molecule has 7 nitrogen and oxygen atoms in total. The number of aromatic nitrogens is 4. The van der Waals surface area contributed by atoms with Crippen LogP contribution < -0.4 is 10.9 Å². The number of nitrogens with zero attached hydrogens (tertiary/aromatic N) is 4. The lowest BCUT2D eigenvalue weighted by Crippen LogP contribution is -2.26. The Morgan fingerprint density at radius 1 is 1.33 bits per heavy atom. The number of methoxy groups -OCH3 is 1. The minimum atomic E-state index is -0.174. The fourth-order valence-electron chi connectivity index (χ4n) is 1.82. The molecule has 2 heterocycles. The first-order valence-electron chi connectivity index (χ1n) is 6.59. The van der Waals surface area contributed by atoms with Crippen molar-refractivity contribution in [1.29, 1.82) is 0 Å². The van der Waals surface area contributed by atoms with Gasteiger partial charge in [0.1, 0.15) is 4.47 Å². The van der Waals surface area contributed by atoms with E-state index in [1.807, 2.05) is 24.0 Å². The van der Waals surface area contributed by atoms with Gasteiger partial charge in [0.2, 0.25) is 0 Å². The molecular weight excluding hydrogens is 338 g/mol. The molecule has 0 amide bonds. The van der Waals surface area contributed by atoms with Crippen LogP contribution in [0, 0.1) is 6.92 Å². The Kier molecular flexibility index (Phi) is 5.51. The standard InChI is InChI=1S/C13H18BrN5O2/c1-10-7-16-18(9-10)4-3-15-11-8-17-19(5-6-21-2)13(20)12(11)14/h7-9,15H,3-6H2,1-2H3. The Hall–Kier alpha value is -1.67. The highest BCUT2D eigenvalue weighted by Gasteiger charge is 2.08. The third-order valence-corrected chi connectivity index (χ3v) is 3.68. The van der Waals surface area contributed by atoms with Crippen molar-refractivity contribution in [2.75, 3.05) is 25.6 Å². The molecule has 2 rings (SSSR count). The normalized spacial score (nSPS) is 10.8. The van der Waals surface area contributed by atoms with Gasteiger partial charge in [-0.05, 0) is 28.4 Å². The highest BCUT2D eigenvalue weighted by atomic mass is 79.9. The molecule has 0 unspecified atom stereocenters. The SMILES string of the molecule is COCCn1ncc(NCCn2cc(C)cn2)c(Br)c1=O. The van der Waals surface area contributed by atoms with Gasteiger partial charge in [-0.1, -0.05) is 0 Å². The summed E-state index contributed by atoms with van der Waals surface area (Å²) in [5.41, 5.74) is 1.63. The summed E-state index contributed by atoms with van der Waals surface area (Å²) in [4.78, 5) is 12.1. The van der Waals surface area contributed by atoms with Crippen LogP contribution in [-0.4, -0.2) is 39.8 Å². The van der Waals surface area contributed by atoms with Gasteiger partial charge in [0, 0.05) is 19.9 Å². The Bertz CT molecular complexity index is 652. The Morgan fingerprint density at radius 3 is 2.81 bits per heavy atom. The van der Waals surface area contributed by atoms with Crippen molar-refractivity contribution in [3.05, 3.63) is 39.0 Å². The molecule has 2 aromatic rings. The monoisotopic (exact) mass is 355 g/mol. The van der Waals surface area contributed by atoms with Crippen molar-refractivity contribution in [2.45, 2.75) is 20.0 Å². The van der Waals surface area contributed by atoms with Crippen LogP contribution in [-0.2, 0) is 17.8 Å². The van der Waals surface area contributed by atoms with E-state index in [1.54, 1.807) is 13.3 Å². The number of rotatable bonds is 7. The van der Waals surface area contributed by atoms with Gasteiger partial charge in [-0.15, -0.1) is 0 Å². The second-order valence-corrected chi connectivity index (χ2v) is 5.39. The number of hydrogen-bond acceptors (Lipinski definition) is 5. The molecular formula is C13H18BrN5O2. The van der Waals surface area contributed by atoms with Crippen molar-refractivity contribution in [1.82, 2.24) is 19.6 Å². The molecule has 0 saturated carbocycles. The molecule has 1 N–H and O–H groups in total. The number of hydrogen-bond donors (Lipinski definition) is 1. The highest BCUT2D eigenvalue weighted by Crippen LogP contribution is 2.15. The molecule has 21 heavy (non-hydrogen) atoms. The van der Waals surface area contributed by atoms with Crippen molar-refractivity contribution >= 4 is 21.6 Å². The first-order chi connectivity index (χ1) is 10.1. The third kappa shape index (κ3) is 4.15. The Morgan fingerprint density at radius 2 is 2.14 bits per heavy atom. The summed E-state index contributed by atoms with van der Waals surface area (Å²) in [6, 6.07) is 0. The molecule has 0 spiro atoms. The van der Waals surface area contributed by atoms with Gasteiger partial charge in [-0.2, -0.15) is 10.2 Å². The van der Waals surface area contributed by atoms with Crippen LogP contribution in [0.4, 0.5) is 5.69 Å². The quantitative estimate of drug-likeness (QED) is 0.809. The summed E-state index contributed by atoms with van der Waals surface area (Å²) in [7, 11) is 1.59. The van der Waals surface area contributed by atoms with E-state index in [0.29, 0.717) is 36.4 Å². The number of ether oxygens (including phenoxy) is 1. The van der Waals surface area contributed by atoms with Gasteiger partial charge in [-0.25, -0.2) is 4.68 Å². The van der Waals surface area contributed by atoms with Crippen molar-refractivity contribution in [2.24, 2.45) is 0 Å². The van der Waals surface area contributed by atoms with Gasteiger partial charge in [-0.3, -0.25) is 9.48 Å². The van der Waals surface area contributed by atoms with Crippen molar-refractivity contribution < 1.29 is 4.74 Å². The van der Waals surface area contributed by atoms with E-state index in [2.05, 4.69) is 31.4 Å². The summed E-state index contributed by atoms with van der Waals surface area (Å²) in [6.45, 7) is 4.25. The molecule has 8 heteroatoms. The first-order valence-corrected chi connectivity index (χ1v) is 7.38. The minimum Gasteiger partial charge on any atom is -0.383 e. The van der Waals surface area contributed by atoms with Gasteiger partial charge >= 0.3 is 0 Å². The van der Waals surface area contributed by atoms with Crippen LogP contribution >= 0.6 is 15.9 Å². The van der Waals surface area contributed by atoms with Crippen LogP contribution in [0.1, 0.15) is 5.56 Å². The predicted octanol–water partition coefficient (Wildman–Crippen LogP) is 1.27. The van der Waals surface area contributed by atoms with E-state index in [0.717, 1.165) is 5.56 Å². The maximum absolute atomic E-state index is 12.1. The van der Waals surface area contributed by atoms with Gasteiger partial charge in [0.15, 0.2) is 0 Å².